The van der Waals surface area contributed by atoms with Crippen molar-refractivity contribution in [3.05, 3.63) is 0 Å². The number of ketones is 2. The first-order valence-electron chi connectivity index (χ1n) is 7.25. The van der Waals surface area contributed by atoms with Crippen molar-refractivity contribution >= 4 is 17.5 Å². The van der Waals surface area contributed by atoms with Crippen molar-refractivity contribution < 1.29 is 19.1 Å². The average molecular weight is 279 g/mol. The number of hydrogen-bond acceptors (Lipinski definition) is 4. The van der Waals surface area contributed by atoms with Crippen molar-refractivity contribution in [2.24, 2.45) is 16.2 Å². The molecule has 2 aliphatic carbocycles. The van der Waals surface area contributed by atoms with Gasteiger partial charge in [0, 0.05) is 18.5 Å². The summed E-state index contributed by atoms with van der Waals surface area (Å²) in [7, 11) is 0. The number of carbonyl (C=O) groups is 3. The van der Waals surface area contributed by atoms with Gasteiger partial charge in [0.25, 0.3) is 0 Å². The third kappa shape index (κ3) is 1.25. The Morgan fingerprint density at radius 3 is 2.15 bits per heavy atom. The minimum Gasteiger partial charge on any atom is -0.378 e. The van der Waals surface area contributed by atoms with Crippen molar-refractivity contribution in [2.75, 3.05) is 26.3 Å². The Labute approximate surface area is 118 Å². The Kier molecular flexibility index (Phi) is 2.68. The van der Waals surface area contributed by atoms with Gasteiger partial charge in [-0.3, -0.25) is 14.4 Å². The number of amides is 1. The van der Waals surface area contributed by atoms with E-state index in [0.717, 1.165) is 0 Å². The Balaban J connectivity index is 2.04. The van der Waals surface area contributed by atoms with E-state index in [1.807, 2.05) is 20.8 Å². The first-order valence-corrected chi connectivity index (χ1v) is 7.25. The fraction of sp³-hybridized carbons (Fsp3) is 0.800. The molecule has 2 atom stereocenters. The van der Waals surface area contributed by atoms with Crippen LogP contribution >= 0.6 is 0 Å². The summed E-state index contributed by atoms with van der Waals surface area (Å²) in [5, 5.41) is 0. The van der Waals surface area contributed by atoms with Gasteiger partial charge in [0.1, 0.15) is 5.41 Å². The lowest BCUT2D eigenvalue weighted by Crippen LogP contribution is -2.54. The van der Waals surface area contributed by atoms with Gasteiger partial charge in [0.05, 0.1) is 13.2 Å². The minimum absolute atomic E-state index is 0.162. The summed E-state index contributed by atoms with van der Waals surface area (Å²) in [4.78, 5) is 39.6. The van der Waals surface area contributed by atoms with E-state index in [-0.39, 0.29) is 11.7 Å². The predicted molar refractivity (Wildman–Crippen MR) is 71.0 cm³/mol. The highest BCUT2D eigenvalue weighted by atomic mass is 16.5. The van der Waals surface area contributed by atoms with Gasteiger partial charge in [-0.25, -0.2) is 0 Å². The summed E-state index contributed by atoms with van der Waals surface area (Å²) in [6, 6.07) is 0. The van der Waals surface area contributed by atoms with Gasteiger partial charge in [-0.2, -0.15) is 0 Å². The van der Waals surface area contributed by atoms with Crippen molar-refractivity contribution in [1.82, 2.24) is 4.90 Å². The van der Waals surface area contributed by atoms with E-state index >= 15 is 0 Å². The first-order chi connectivity index (χ1) is 9.29. The molecule has 2 saturated carbocycles. The molecule has 5 heteroatoms. The Bertz CT molecular complexity index is 506. The van der Waals surface area contributed by atoms with Crippen LogP contribution in [0.25, 0.3) is 0 Å². The summed E-state index contributed by atoms with van der Waals surface area (Å²) in [5.41, 5.74) is -2.44. The van der Waals surface area contributed by atoms with Crippen LogP contribution in [0.3, 0.4) is 0 Å². The number of Topliss-reactive ketones (excluding diaryl/α,β-unsaturated/α-hetero) is 2. The van der Waals surface area contributed by atoms with E-state index in [4.69, 9.17) is 4.74 Å². The number of hydrogen-bond donors (Lipinski definition) is 0. The van der Waals surface area contributed by atoms with Crippen LogP contribution in [0, 0.1) is 16.2 Å². The van der Waals surface area contributed by atoms with Crippen LogP contribution in [0.4, 0.5) is 0 Å². The molecule has 3 aliphatic rings. The van der Waals surface area contributed by atoms with Crippen LogP contribution in [0.2, 0.25) is 0 Å². The zero-order valence-electron chi connectivity index (χ0n) is 12.3. The maximum atomic E-state index is 13.0. The maximum Gasteiger partial charge on any atom is 0.237 e. The second kappa shape index (κ2) is 3.91. The lowest BCUT2D eigenvalue weighted by atomic mass is 9.64. The molecular weight excluding hydrogens is 258 g/mol. The van der Waals surface area contributed by atoms with Gasteiger partial charge in [-0.15, -0.1) is 0 Å². The van der Waals surface area contributed by atoms with Crippen LogP contribution < -0.4 is 0 Å². The summed E-state index contributed by atoms with van der Waals surface area (Å²) in [6.45, 7) is 7.67. The second-order valence-corrected chi connectivity index (χ2v) is 6.93. The van der Waals surface area contributed by atoms with Gasteiger partial charge in [0.2, 0.25) is 17.5 Å². The van der Waals surface area contributed by atoms with Gasteiger partial charge in [-0.1, -0.05) is 20.8 Å². The molecule has 20 heavy (non-hydrogen) atoms. The highest BCUT2D eigenvalue weighted by Crippen LogP contribution is 2.69. The topological polar surface area (TPSA) is 63.7 Å². The summed E-state index contributed by atoms with van der Waals surface area (Å²) in [6.07, 6.45) is 1.12. The Morgan fingerprint density at radius 2 is 1.65 bits per heavy atom. The lowest BCUT2D eigenvalue weighted by molar-refractivity contribution is -0.158. The first kappa shape index (κ1) is 13.7. The highest BCUT2D eigenvalue weighted by Gasteiger charge is 2.78. The molecule has 0 aromatic rings. The lowest BCUT2D eigenvalue weighted by Gasteiger charge is -2.41. The largest absolute Gasteiger partial charge is 0.378 e. The molecule has 3 fully saturated rings. The molecule has 0 N–H and O–H groups in total. The van der Waals surface area contributed by atoms with Gasteiger partial charge >= 0.3 is 0 Å². The molecule has 1 saturated heterocycles. The standard InChI is InChI=1S/C15H21NO4/c1-13(2)14(3)4-5-15(13,11(18)10(14)17)12(19)16-6-8-20-9-7-16/h4-9H2,1-3H3. The number of ether oxygens (including phenoxy) is 1. The second-order valence-electron chi connectivity index (χ2n) is 6.93. The number of carbonyl (C=O) groups excluding carboxylic acids is 3. The number of rotatable bonds is 1. The number of nitrogens with zero attached hydrogens (tertiary/aromatic N) is 1. The maximum absolute atomic E-state index is 13.0. The molecular formula is C15H21NO4. The van der Waals surface area contributed by atoms with E-state index in [0.29, 0.717) is 39.1 Å². The van der Waals surface area contributed by atoms with Gasteiger partial charge in [0.15, 0.2) is 0 Å². The number of fused-ring (bicyclic) bond motifs is 2. The van der Waals surface area contributed by atoms with E-state index in [1.54, 1.807) is 4.90 Å². The minimum atomic E-state index is -1.14. The molecule has 5 nitrogen and oxygen atoms in total. The van der Waals surface area contributed by atoms with Crippen LogP contribution in [0.5, 0.6) is 0 Å². The van der Waals surface area contributed by atoms with E-state index in [1.165, 1.54) is 0 Å². The molecule has 0 aromatic carbocycles. The average Bonchev–Trinajstić information content (AvgIpc) is 2.71. The van der Waals surface area contributed by atoms with Crippen LogP contribution in [-0.4, -0.2) is 48.7 Å². The summed E-state index contributed by atoms with van der Waals surface area (Å²) >= 11 is 0. The van der Waals surface area contributed by atoms with E-state index in [2.05, 4.69) is 0 Å². The summed E-state index contributed by atoms with van der Waals surface area (Å²) < 4.78 is 5.26. The van der Waals surface area contributed by atoms with Gasteiger partial charge in [-0.05, 0) is 18.3 Å². The third-order valence-corrected chi connectivity index (χ3v) is 6.20. The zero-order chi connectivity index (χ0) is 14.8. The fourth-order valence-corrected chi connectivity index (χ4v) is 4.28. The zero-order valence-corrected chi connectivity index (χ0v) is 12.3. The highest BCUT2D eigenvalue weighted by molar-refractivity contribution is 6.48. The SMILES string of the molecule is CC12CCC(C(=O)N3CCOCC3)(C(=O)C1=O)C2(C)C. The quantitative estimate of drug-likeness (QED) is 0.526. The smallest absolute Gasteiger partial charge is 0.237 e. The Morgan fingerprint density at radius 1 is 1.05 bits per heavy atom. The van der Waals surface area contributed by atoms with Crippen LogP contribution in [0.15, 0.2) is 0 Å². The molecule has 110 valence electrons. The molecule has 2 bridgehead atoms. The normalized spacial score (nSPS) is 39.5. The van der Waals surface area contributed by atoms with Crippen LogP contribution in [-0.2, 0) is 19.1 Å². The molecule has 2 unspecified atom stereocenters. The van der Waals surface area contributed by atoms with Crippen molar-refractivity contribution in [3.63, 3.8) is 0 Å². The molecule has 1 amide bonds. The molecule has 1 aliphatic heterocycles. The predicted octanol–water partition coefficient (Wildman–Crippen LogP) is 0.810. The third-order valence-electron chi connectivity index (χ3n) is 6.20. The fourth-order valence-electron chi connectivity index (χ4n) is 4.28. The Hall–Kier alpha value is -1.23. The molecule has 0 spiro atoms. The van der Waals surface area contributed by atoms with Crippen molar-refractivity contribution in [3.8, 4) is 0 Å². The van der Waals surface area contributed by atoms with Gasteiger partial charge < -0.3 is 9.64 Å². The monoisotopic (exact) mass is 279 g/mol. The van der Waals surface area contributed by atoms with Crippen molar-refractivity contribution in [1.29, 1.82) is 0 Å². The van der Waals surface area contributed by atoms with Crippen molar-refractivity contribution in [2.45, 2.75) is 33.6 Å². The van der Waals surface area contributed by atoms with Crippen LogP contribution in [0.1, 0.15) is 33.6 Å². The molecule has 0 radical (unpaired) electrons. The molecule has 3 rings (SSSR count). The number of morpholine rings is 1. The van der Waals surface area contributed by atoms with E-state index < -0.39 is 22.0 Å². The summed E-state index contributed by atoms with van der Waals surface area (Å²) in [5.74, 6) is -0.978. The van der Waals surface area contributed by atoms with E-state index in [9.17, 15) is 14.4 Å². The molecule has 0 aromatic heterocycles. The molecule has 1 heterocycles.